The summed E-state index contributed by atoms with van der Waals surface area (Å²) in [6.45, 7) is 1.78. The minimum Gasteiger partial charge on any atom is -0.327 e. The van der Waals surface area contributed by atoms with Gasteiger partial charge in [-0.3, -0.25) is 4.79 Å². The van der Waals surface area contributed by atoms with Gasteiger partial charge in [0.1, 0.15) is 5.15 Å². The number of pyridine rings is 1. The van der Waals surface area contributed by atoms with E-state index in [-0.39, 0.29) is 0 Å². The Balaban J connectivity index is 2.98. The predicted octanol–water partition coefficient (Wildman–Crippen LogP) is 1.61. The molecule has 0 aliphatic rings. The van der Waals surface area contributed by atoms with Crippen molar-refractivity contribution in [2.75, 3.05) is 5.32 Å². The summed E-state index contributed by atoms with van der Waals surface area (Å²) in [5.41, 5.74) is 1.40. The van der Waals surface area contributed by atoms with E-state index in [1.54, 1.807) is 19.1 Å². The van der Waals surface area contributed by atoms with Crippen molar-refractivity contribution >= 4 is 23.7 Å². The summed E-state index contributed by atoms with van der Waals surface area (Å²) in [6.07, 6.45) is 0.609. The molecular weight excluding hydrogens is 164 g/mol. The second kappa shape index (κ2) is 3.34. The maximum absolute atomic E-state index is 10.0. The lowest BCUT2D eigenvalue weighted by atomic mass is 10.3. The largest absolute Gasteiger partial charge is 0.327 e. The molecule has 4 heteroatoms. The average Bonchev–Trinajstić information content (AvgIpc) is 1.95. The fourth-order valence-electron chi connectivity index (χ4n) is 0.746. The molecule has 0 aliphatic carbocycles. The Bertz CT molecular complexity index is 275. The molecule has 0 fully saturated rings. The molecule has 1 amide bonds. The smallest absolute Gasteiger partial charge is 0.211 e. The Morgan fingerprint density at radius 3 is 2.91 bits per heavy atom. The SMILES string of the molecule is Cc1nc(Cl)ccc1NC=O. The lowest BCUT2D eigenvalue weighted by molar-refractivity contribution is -0.105. The van der Waals surface area contributed by atoms with Crippen LogP contribution >= 0.6 is 11.6 Å². The Morgan fingerprint density at radius 1 is 1.64 bits per heavy atom. The number of hydrogen-bond acceptors (Lipinski definition) is 2. The van der Waals surface area contributed by atoms with Gasteiger partial charge < -0.3 is 5.32 Å². The van der Waals surface area contributed by atoms with Crippen LogP contribution < -0.4 is 5.32 Å². The molecule has 0 aliphatic heterocycles. The molecule has 1 aromatic rings. The van der Waals surface area contributed by atoms with E-state index in [1.807, 2.05) is 0 Å². The molecule has 58 valence electrons. The molecule has 0 unspecified atom stereocenters. The number of carbonyl (C=O) groups is 1. The van der Waals surface area contributed by atoms with Gasteiger partial charge in [-0.05, 0) is 19.1 Å². The molecule has 1 heterocycles. The molecule has 0 saturated carbocycles. The monoisotopic (exact) mass is 170 g/mol. The lowest BCUT2D eigenvalue weighted by Crippen LogP contribution is -1.97. The number of rotatable bonds is 2. The highest BCUT2D eigenvalue weighted by Crippen LogP contribution is 2.14. The molecule has 0 saturated heterocycles. The normalized spacial score (nSPS) is 9.27. The first kappa shape index (κ1) is 8.01. The van der Waals surface area contributed by atoms with Crippen LogP contribution in [0.15, 0.2) is 12.1 Å². The minimum atomic E-state index is 0.430. The van der Waals surface area contributed by atoms with Crippen molar-refractivity contribution in [2.45, 2.75) is 6.92 Å². The van der Waals surface area contributed by atoms with Crippen LogP contribution in [-0.2, 0) is 4.79 Å². The summed E-state index contributed by atoms with van der Waals surface area (Å²) >= 11 is 5.59. The van der Waals surface area contributed by atoms with E-state index in [9.17, 15) is 4.79 Å². The van der Waals surface area contributed by atoms with Gasteiger partial charge in [-0.2, -0.15) is 0 Å². The van der Waals surface area contributed by atoms with Gasteiger partial charge in [-0.25, -0.2) is 4.98 Å². The third-order valence-corrected chi connectivity index (χ3v) is 1.48. The van der Waals surface area contributed by atoms with E-state index < -0.39 is 0 Å². The van der Waals surface area contributed by atoms with Gasteiger partial charge in [0, 0.05) is 0 Å². The summed E-state index contributed by atoms with van der Waals surface area (Å²) in [6, 6.07) is 3.33. The van der Waals surface area contributed by atoms with E-state index in [2.05, 4.69) is 10.3 Å². The summed E-state index contributed by atoms with van der Waals surface area (Å²) in [5, 5.41) is 2.93. The van der Waals surface area contributed by atoms with Crippen LogP contribution in [0, 0.1) is 6.92 Å². The number of nitrogens with zero attached hydrogens (tertiary/aromatic N) is 1. The molecule has 0 spiro atoms. The first-order chi connectivity index (χ1) is 5.24. The number of halogens is 1. The second-order valence-electron chi connectivity index (χ2n) is 2.03. The lowest BCUT2D eigenvalue weighted by Gasteiger charge is -2.01. The average molecular weight is 171 g/mol. The second-order valence-corrected chi connectivity index (χ2v) is 2.42. The molecular formula is C7H7ClN2O. The fourth-order valence-corrected chi connectivity index (χ4v) is 0.936. The van der Waals surface area contributed by atoms with Crippen molar-refractivity contribution in [3.05, 3.63) is 23.0 Å². The Hall–Kier alpha value is -1.09. The first-order valence-corrected chi connectivity index (χ1v) is 3.45. The highest BCUT2D eigenvalue weighted by atomic mass is 35.5. The van der Waals surface area contributed by atoms with Crippen LogP contribution in [0.2, 0.25) is 5.15 Å². The number of aromatic nitrogens is 1. The molecule has 1 N–H and O–H groups in total. The number of carbonyl (C=O) groups excluding carboxylic acids is 1. The highest BCUT2D eigenvalue weighted by Gasteiger charge is 1.97. The van der Waals surface area contributed by atoms with Gasteiger partial charge in [0.2, 0.25) is 6.41 Å². The van der Waals surface area contributed by atoms with Gasteiger partial charge in [0.25, 0.3) is 0 Å². The van der Waals surface area contributed by atoms with Crippen LogP contribution in [0.5, 0.6) is 0 Å². The topological polar surface area (TPSA) is 42.0 Å². The van der Waals surface area contributed by atoms with E-state index in [0.717, 1.165) is 0 Å². The molecule has 0 atom stereocenters. The van der Waals surface area contributed by atoms with Crippen LogP contribution in [0.25, 0.3) is 0 Å². The van der Waals surface area contributed by atoms with Crippen LogP contribution in [-0.4, -0.2) is 11.4 Å². The number of nitrogens with one attached hydrogen (secondary N) is 1. The van der Waals surface area contributed by atoms with Crippen LogP contribution in [0.3, 0.4) is 0 Å². The Kier molecular flexibility index (Phi) is 2.44. The third kappa shape index (κ3) is 1.91. The number of hydrogen-bond donors (Lipinski definition) is 1. The number of anilines is 1. The molecule has 1 aromatic heterocycles. The zero-order valence-electron chi connectivity index (χ0n) is 5.97. The molecule has 0 aromatic carbocycles. The Labute approximate surface area is 69.4 Å². The van der Waals surface area contributed by atoms with Crippen molar-refractivity contribution < 1.29 is 4.79 Å². The van der Waals surface area contributed by atoms with Gasteiger partial charge >= 0.3 is 0 Å². The van der Waals surface area contributed by atoms with Crippen molar-refractivity contribution in [3.63, 3.8) is 0 Å². The zero-order valence-corrected chi connectivity index (χ0v) is 6.72. The molecule has 0 bridgehead atoms. The van der Waals surface area contributed by atoms with Crippen LogP contribution in [0.4, 0.5) is 5.69 Å². The van der Waals surface area contributed by atoms with E-state index in [1.165, 1.54) is 0 Å². The summed E-state index contributed by atoms with van der Waals surface area (Å²) in [5.74, 6) is 0. The standard InChI is InChI=1S/C7H7ClN2O/c1-5-6(9-4-11)2-3-7(8)10-5/h2-4H,1H3,(H,9,11). The molecule has 11 heavy (non-hydrogen) atoms. The summed E-state index contributed by atoms with van der Waals surface area (Å²) in [7, 11) is 0. The highest BCUT2D eigenvalue weighted by molar-refractivity contribution is 6.29. The first-order valence-electron chi connectivity index (χ1n) is 3.07. The van der Waals surface area contributed by atoms with Crippen molar-refractivity contribution in [3.8, 4) is 0 Å². The molecule has 3 nitrogen and oxygen atoms in total. The van der Waals surface area contributed by atoms with Crippen LogP contribution in [0.1, 0.15) is 5.69 Å². The summed E-state index contributed by atoms with van der Waals surface area (Å²) in [4.78, 5) is 14.0. The number of amides is 1. The van der Waals surface area contributed by atoms with Crippen molar-refractivity contribution in [2.24, 2.45) is 0 Å². The maximum Gasteiger partial charge on any atom is 0.211 e. The van der Waals surface area contributed by atoms with E-state index in [4.69, 9.17) is 11.6 Å². The molecule has 1 rings (SSSR count). The van der Waals surface area contributed by atoms with Gasteiger partial charge in [0.05, 0.1) is 11.4 Å². The van der Waals surface area contributed by atoms with Gasteiger partial charge in [0.15, 0.2) is 0 Å². The maximum atomic E-state index is 10.0. The zero-order chi connectivity index (χ0) is 8.27. The van der Waals surface area contributed by atoms with Gasteiger partial charge in [-0.1, -0.05) is 11.6 Å². The third-order valence-electron chi connectivity index (χ3n) is 1.27. The van der Waals surface area contributed by atoms with Crippen molar-refractivity contribution in [1.82, 2.24) is 4.98 Å². The molecule has 0 radical (unpaired) electrons. The fraction of sp³-hybridized carbons (Fsp3) is 0.143. The minimum absolute atomic E-state index is 0.430. The van der Waals surface area contributed by atoms with Gasteiger partial charge in [-0.15, -0.1) is 0 Å². The predicted molar refractivity (Wildman–Crippen MR) is 43.7 cm³/mol. The Morgan fingerprint density at radius 2 is 2.36 bits per heavy atom. The van der Waals surface area contributed by atoms with E-state index in [0.29, 0.717) is 22.9 Å². The quantitative estimate of drug-likeness (QED) is 0.541. The van der Waals surface area contributed by atoms with Crippen molar-refractivity contribution in [1.29, 1.82) is 0 Å². The van der Waals surface area contributed by atoms with E-state index >= 15 is 0 Å². The summed E-state index contributed by atoms with van der Waals surface area (Å²) < 4.78 is 0. The number of aryl methyl sites for hydroxylation is 1.